The topological polar surface area (TPSA) is 57.7 Å². The van der Waals surface area contributed by atoms with Gasteiger partial charge in [0.2, 0.25) is 10.0 Å². The van der Waals surface area contributed by atoms with Gasteiger partial charge in [-0.1, -0.05) is 0 Å². The fourth-order valence-corrected chi connectivity index (χ4v) is 5.57. The molecule has 2 saturated heterocycles. The lowest BCUT2D eigenvalue weighted by Gasteiger charge is -2.33. The van der Waals surface area contributed by atoms with Gasteiger partial charge in [0.15, 0.2) is 0 Å². The highest BCUT2D eigenvalue weighted by molar-refractivity contribution is 7.89. The van der Waals surface area contributed by atoms with Crippen LogP contribution in [-0.4, -0.2) is 61.3 Å². The summed E-state index contributed by atoms with van der Waals surface area (Å²) in [5.74, 6) is -2.04. The summed E-state index contributed by atoms with van der Waals surface area (Å²) in [6, 6.07) is 5.36. The van der Waals surface area contributed by atoms with Crippen LogP contribution in [0.15, 0.2) is 29.2 Å². The molecule has 28 heavy (non-hydrogen) atoms. The molecular formula is C18H22ClF3N2O3S. The third kappa shape index (κ3) is 4.63. The lowest BCUT2D eigenvalue weighted by Crippen LogP contribution is -2.44. The van der Waals surface area contributed by atoms with Gasteiger partial charge in [0, 0.05) is 37.1 Å². The number of carbonyl (C=O) groups is 1. The average Bonchev–Trinajstić information content (AvgIpc) is 2.67. The first-order chi connectivity index (χ1) is 13.1. The van der Waals surface area contributed by atoms with Gasteiger partial charge >= 0.3 is 6.18 Å². The molecule has 3 rings (SSSR count). The maximum atomic E-state index is 13.0. The number of carbonyl (C=O) groups excluding carboxylic acids is 1. The summed E-state index contributed by atoms with van der Waals surface area (Å²) < 4.78 is 65.6. The summed E-state index contributed by atoms with van der Waals surface area (Å²) in [7, 11) is -3.72. The maximum Gasteiger partial charge on any atom is 0.393 e. The van der Waals surface area contributed by atoms with E-state index in [2.05, 4.69) is 0 Å². The van der Waals surface area contributed by atoms with E-state index in [-0.39, 0.29) is 48.3 Å². The van der Waals surface area contributed by atoms with Crippen LogP contribution in [0, 0.1) is 5.92 Å². The van der Waals surface area contributed by atoms with Crippen molar-refractivity contribution in [3.63, 3.8) is 0 Å². The lowest BCUT2D eigenvalue weighted by molar-refractivity contribution is -0.184. The molecule has 0 N–H and O–H groups in total. The van der Waals surface area contributed by atoms with E-state index in [0.717, 1.165) is 6.42 Å². The monoisotopic (exact) mass is 438 g/mol. The Morgan fingerprint density at radius 1 is 1.04 bits per heavy atom. The largest absolute Gasteiger partial charge is 0.393 e. The highest BCUT2D eigenvalue weighted by atomic mass is 35.5. The number of sulfonamides is 1. The van der Waals surface area contributed by atoms with Crippen molar-refractivity contribution in [2.45, 2.75) is 42.1 Å². The molecule has 2 heterocycles. The van der Waals surface area contributed by atoms with Gasteiger partial charge in [-0.3, -0.25) is 4.79 Å². The Morgan fingerprint density at radius 2 is 1.68 bits per heavy atom. The predicted molar refractivity (Wildman–Crippen MR) is 98.8 cm³/mol. The SMILES string of the molecule is O=C(c1ccc(S(=O)(=O)N2CCC[C@@H](Cl)C2)cc1)N1CCC[C@H](C(F)(F)F)C1. The van der Waals surface area contributed by atoms with Crippen LogP contribution in [0.25, 0.3) is 0 Å². The molecule has 0 radical (unpaired) electrons. The van der Waals surface area contributed by atoms with E-state index in [9.17, 15) is 26.4 Å². The van der Waals surface area contributed by atoms with Crippen molar-refractivity contribution in [1.82, 2.24) is 9.21 Å². The zero-order valence-electron chi connectivity index (χ0n) is 15.2. The first-order valence-electron chi connectivity index (χ1n) is 9.19. The molecule has 1 aromatic rings. The molecule has 0 aliphatic carbocycles. The van der Waals surface area contributed by atoms with E-state index in [1.54, 1.807) is 0 Å². The number of piperidine rings is 2. The molecular weight excluding hydrogens is 417 g/mol. The lowest BCUT2D eigenvalue weighted by atomic mass is 9.97. The molecule has 5 nitrogen and oxygen atoms in total. The molecule has 2 fully saturated rings. The number of nitrogens with zero attached hydrogens (tertiary/aromatic N) is 2. The first kappa shape index (κ1) is 21.4. The molecule has 1 amide bonds. The minimum absolute atomic E-state index is 0.0157. The quantitative estimate of drug-likeness (QED) is 0.679. The van der Waals surface area contributed by atoms with Crippen LogP contribution in [0.1, 0.15) is 36.0 Å². The van der Waals surface area contributed by atoms with Crippen LogP contribution >= 0.6 is 11.6 Å². The fourth-order valence-electron chi connectivity index (χ4n) is 3.64. The Bertz CT molecular complexity index is 814. The van der Waals surface area contributed by atoms with Gasteiger partial charge < -0.3 is 4.90 Å². The summed E-state index contributed by atoms with van der Waals surface area (Å²) in [6.45, 7) is 0.514. The normalized spacial score (nSPS) is 24.9. The number of amides is 1. The van der Waals surface area contributed by atoms with E-state index in [1.165, 1.54) is 33.5 Å². The van der Waals surface area contributed by atoms with Crippen molar-refractivity contribution in [3.8, 4) is 0 Å². The molecule has 10 heteroatoms. The van der Waals surface area contributed by atoms with Crippen LogP contribution in [0.4, 0.5) is 13.2 Å². The molecule has 0 spiro atoms. The summed E-state index contributed by atoms with van der Waals surface area (Å²) in [5.41, 5.74) is 0.177. The molecule has 0 bridgehead atoms. The minimum atomic E-state index is -4.33. The molecule has 1 aromatic carbocycles. The van der Waals surface area contributed by atoms with E-state index in [0.29, 0.717) is 13.0 Å². The zero-order chi connectivity index (χ0) is 20.5. The van der Waals surface area contributed by atoms with Crippen molar-refractivity contribution in [2.24, 2.45) is 5.92 Å². The zero-order valence-corrected chi connectivity index (χ0v) is 16.7. The second-order valence-corrected chi connectivity index (χ2v) is 9.81. The van der Waals surface area contributed by atoms with Gasteiger partial charge in [-0.25, -0.2) is 8.42 Å². The Morgan fingerprint density at radius 3 is 2.29 bits per heavy atom. The fraction of sp³-hybridized carbons (Fsp3) is 0.611. The second kappa shape index (κ2) is 8.20. The predicted octanol–water partition coefficient (Wildman–Crippen LogP) is 3.49. The Hall–Kier alpha value is -1.32. The third-order valence-electron chi connectivity index (χ3n) is 5.24. The first-order valence-corrected chi connectivity index (χ1v) is 11.1. The standard InChI is InChI=1S/C18H22ClF3N2O3S/c19-15-4-2-10-24(12-15)28(26,27)16-7-5-13(6-8-16)17(25)23-9-1-3-14(11-23)18(20,21)22/h5-8,14-15H,1-4,9-12H2/t14-,15+/m0/s1. The van der Waals surface area contributed by atoms with Gasteiger partial charge in [0.05, 0.1) is 10.8 Å². The van der Waals surface area contributed by atoms with E-state index >= 15 is 0 Å². The van der Waals surface area contributed by atoms with Crippen LogP contribution in [0.5, 0.6) is 0 Å². The van der Waals surface area contributed by atoms with Crippen molar-refractivity contribution < 1.29 is 26.4 Å². The van der Waals surface area contributed by atoms with Crippen molar-refractivity contribution in [1.29, 1.82) is 0 Å². The van der Waals surface area contributed by atoms with Crippen molar-refractivity contribution >= 4 is 27.5 Å². The average molecular weight is 439 g/mol. The minimum Gasteiger partial charge on any atom is -0.338 e. The van der Waals surface area contributed by atoms with E-state index < -0.39 is 28.0 Å². The van der Waals surface area contributed by atoms with Crippen LogP contribution in [0.2, 0.25) is 0 Å². The molecule has 2 aliphatic rings. The number of hydrogen-bond donors (Lipinski definition) is 0. The van der Waals surface area contributed by atoms with Gasteiger partial charge in [-0.05, 0) is 49.9 Å². The number of rotatable bonds is 3. The smallest absolute Gasteiger partial charge is 0.338 e. The Balaban J connectivity index is 1.72. The van der Waals surface area contributed by atoms with Gasteiger partial charge in [-0.2, -0.15) is 17.5 Å². The van der Waals surface area contributed by atoms with E-state index in [1.807, 2.05) is 0 Å². The molecule has 0 unspecified atom stereocenters. The van der Waals surface area contributed by atoms with Gasteiger partial charge in [0.25, 0.3) is 5.91 Å². The molecule has 156 valence electrons. The van der Waals surface area contributed by atoms with Crippen LogP contribution in [0.3, 0.4) is 0 Å². The molecule has 0 saturated carbocycles. The molecule has 2 aliphatic heterocycles. The summed E-state index contributed by atoms with van der Waals surface area (Å²) in [6.07, 6.45) is -2.58. The van der Waals surface area contributed by atoms with Gasteiger partial charge in [0.1, 0.15) is 0 Å². The number of halogens is 4. The summed E-state index contributed by atoms with van der Waals surface area (Å²) in [5, 5.41) is -0.231. The van der Waals surface area contributed by atoms with Crippen LogP contribution < -0.4 is 0 Å². The highest BCUT2D eigenvalue weighted by Gasteiger charge is 2.42. The third-order valence-corrected chi connectivity index (χ3v) is 7.47. The maximum absolute atomic E-state index is 13.0. The molecule has 2 atom stereocenters. The summed E-state index contributed by atoms with van der Waals surface area (Å²) >= 11 is 6.07. The number of benzene rings is 1. The number of likely N-dealkylation sites (tertiary alicyclic amines) is 1. The molecule has 0 aromatic heterocycles. The number of alkyl halides is 4. The van der Waals surface area contributed by atoms with E-state index in [4.69, 9.17) is 11.6 Å². The van der Waals surface area contributed by atoms with Crippen LogP contribution in [-0.2, 0) is 10.0 Å². The number of hydrogen-bond acceptors (Lipinski definition) is 3. The summed E-state index contributed by atoms with van der Waals surface area (Å²) in [4.78, 5) is 13.8. The second-order valence-electron chi connectivity index (χ2n) is 7.26. The Kier molecular flexibility index (Phi) is 6.26. The Labute approximate surface area is 167 Å². The highest BCUT2D eigenvalue weighted by Crippen LogP contribution is 2.33. The van der Waals surface area contributed by atoms with Gasteiger partial charge in [-0.15, -0.1) is 11.6 Å². The van der Waals surface area contributed by atoms with Crippen molar-refractivity contribution in [3.05, 3.63) is 29.8 Å². The van der Waals surface area contributed by atoms with Crippen molar-refractivity contribution in [2.75, 3.05) is 26.2 Å².